The number of nitrogens with one attached hydrogen (secondary N) is 1. The van der Waals surface area contributed by atoms with Crippen molar-refractivity contribution in [3.05, 3.63) is 0 Å². The van der Waals surface area contributed by atoms with Gasteiger partial charge in [-0.15, -0.1) is 5.10 Å². The largest absolute Gasteiger partial charge is 0.383 e. The minimum Gasteiger partial charge on any atom is -0.383 e. The topological polar surface area (TPSA) is 85.2 Å². The van der Waals surface area contributed by atoms with E-state index in [2.05, 4.69) is 20.8 Å². The molecule has 0 bridgehead atoms. The van der Waals surface area contributed by atoms with Gasteiger partial charge in [-0.05, 0) is 16.8 Å². The molecule has 1 aromatic heterocycles. The normalized spacial score (nSPS) is 19.0. The van der Waals surface area contributed by atoms with Crippen LogP contribution in [0.4, 0.5) is 0 Å². The molecular weight excluding hydrogens is 280 g/mol. The van der Waals surface area contributed by atoms with Crippen LogP contribution in [0.25, 0.3) is 0 Å². The van der Waals surface area contributed by atoms with E-state index in [4.69, 9.17) is 4.74 Å². The quantitative estimate of drug-likeness (QED) is 0.631. The summed E-state index contributed by atoms with van der Waals surface area (Å²) in [5, 5.41) is 15.5. The first kappa shape index (κ1) is 15.2. The molecule has 0 aliphatic carbocycles. The van der Waals surface area contributed by atoms with Gasteiger partial charge in [0.25, 0.3) is 0 Å². The second-order valence-electron chi connectivity index (χ2n) is 4.58. The summed E-state index contributed by atoms with van der Waals surface area (Å²) in [4.78, 5) is 13.6. The van der Waals surface area contributed by atoms with Crippen LogP contribution in [-0.4, -0.2) is 76.7 Å². The van der Waals surface area contributed by atoms with E-state index in [1.54, 1.807) is 16.7 Å². The number of tetrazole rings is 1. The third-order valence-electron chi connectivity index (χ3n) is 3.11. The van der Waals surface area contributed by atoms with Gasteiger partial charge in [0.15, 0.2) is 0 Å². The zero-order chi connectivity index (χ0) is 14.4. The predicted octanol–water partition coefficient (Wildman–Crippen LogP) is -0.768. The zero-order valence-electron chi connectivity index (χ0n) is 11.8. The van der Waals surface area contributed by atoms with Gasteiger partial charge < -0.3 is 15.0 Å². The van der Waals surface area contributed by atoms with Crippen LogP contribution in [0.5, 0.6) is 0 Å². The Morgan fingerprint density at radius 2 is 2.35 bits per heavy atom. The monoisotopic (exact) mass is 300 g/mol. The molecular formula is C11H20N6O2S. The van der Waals surface area contributed by atoms with Crippen molar-refractivity contribution in [2.75, 3.05) is 40.4 Å². The van der Waals surface area contributed by atoms with Gasteiger partial charge in [-0.3, -0.25) is 4.79 Å². The lowest BCUT2D eigenvalue weighted by molar-refractivity contribution is -0.126. The van der Waals surface area contributed by atoms with E-state index in [0.717, 1.165) is 26.1 Å². The van der Waals surface area contributed by atoms with Crippen LogP contribution < -0.4 is 5.32 Å². The van der Waals surface area contributed by atoms with Crippen LogP contribution in [0, 0.1) is 0 Å². The number of hydrogen-bond acceptors (Lipinski definition) is 7. The molecule has 8 nitrogen and oxygen atoms in total. The van der Waals surface area contributed by atoms with Crippen LogP contribution in [-0.2, 0) is 16.1 Å². The second-order valence-corrected chi connectivity index (χ2v) is 5.75. The number of aromatic nitrogens is 4. The molecule has 1 unspecified atom stereocenters. The first-order chi connectivity index (χ1) is 9.72. The molecule has 1 aliphatic heterocycles. The zero-order valence-corrected chi connectivity index (χ0v) is 12.6. The van der Waals surface area contributed by atoms with E-state index in [9.17, 15) is 4.79 Å². The van der Waals surface area contributed by atoms with Gasteiger partial charge in [0.1, 0.15) is 0 Å². The van der Waals surface area contributed by atoms with Gasteiger partial charge in [-0.1, -0.05) is 11.8 Å². The average molecular weight is 300 g/mol. The highest BCUT2D eigenvalue weighted by Crippen LogP contribution is 2.28. The van der Waals surface area contributed by atoms with Gasteiger partial charge in [-0.2, -0.15) is 0 Å². The van der Waals surface area contributed by atoms with E-state index in [-0.39, 0.29) is 11.2 Å². The highest BCUT2D eigenvalue weighted by Gasteiger charge is 2.31. The van der Waals surface area contributed by atoms with Crippen molar-refractivity contribution in [3.8, 4) is 0 Å². The fraction of sp³-hybridized carbons (Fsp3) is 0.818. The molecule has 9 heteroatoms. The summed E-state index contributed by atoms with van der Waals surface area (Å²) in [6.45, 7) is 3.72. The molecule has 0 radical (unpaired) electrons. The lowest BCUT2D eigenvalue weighted by Crippen LogP contribution is -2.25. The van der Waals surface area contributed by atoms with Crippen molar-refractivity contribution in [2.24, 2.45) is 0 Å². The molecule has 2 rings (SSSR count). The van der Waals surface area contributed by atoms with Crippen molar-refractivity contribution in [3.63, 3.8) is 0 Å². The Morgan fingerprint density at radius 1 is 1.50 bits per heavy atom. The third kappa shape index (κ3) is 3.90. The number of methoxy groups -OCH3 is 1. The van der Waals surface area contributed by atoms with Crippen LogP contribution in [0.1, 0.15) is 6.42 Å². The minimum atomic E-state index is -0.0637. The fourth-order valence-corrected chi connectivity index (χ4v) is 3.02. The van der Waals surface area contributed by atoms with Crippen molar-refractivity contribution in [2.45, 2.75) is 23.4 Å². The molecule has 1 fully saturated rings. The summed E-state index contributed by atoms with van der Waals surface area (Å²) in [6, 6.07) is 0. The standard InChI is InChI=1S/C11H20N6O2S/c1-16-6-3-9(10(16)18)20-11-13-14-15-17(11)7-4-12-5-8-19-2/h9,12H,3-8H2,1-2H3. The number of nitrogens with zero attached hydrogens (tertiary/aromatic N) is 5. The van der Waals surface area contributed by atoms with Crippen molar-refractivity contribution < 1.29 is 9.53 Å². The number of carbonyl (C=O) groups excluding carboxylic acids is 1. The van der Waals surface area contributed by atoms with E-state index < -0.39 is 0 Å². The molecule has 1 aliphatic rings. The third-order valence-corrected chi connectivity index (χ3v) is 4.33. The number of rotatable bonds is 8. The first-order valence-corrected chi connectivity index (χ1v) is 7.48. The van der Waals surface area contributed by atoms with Crippen LogP contribution in [0.2, 0.25) is 0 Å². The Bertz CT molecular complexity index is 440. The Hall–Kier alpha value is -1.19. The van der Waals surface area contributed by atoms with Crippen LogP contribution >= 0.6 is 11.8 Å². The molecule has 0 spiro atoms. The number of thioether (sulfide) groups is 1. The van der Waals surface area contributed by atoms with Gasteiger partial charge in [0, 0.05) is 33.8 Å². The van der Waals surface area contributed by atoms with Crippen molar-refractivity contribution in [1.29, 1.82) is 0 Å². The van der Waals surface area contributed by atoms with E-state index in [1.807, 2.05) is 7.05 Å². The van der Waals surface area contributed by atoms with Gasteiger partial charge in [0.05, 0.1) is 18.4 Å². The number of likely N-dealkylation sites (tertiary alicyclic amines) is 1. The highest BCUT2D eigenvalue weighted by molar-refractivity contribution is 8.00. The molecule has 2 heterocycles. The number of hydrogen-bond donors (Lipinski definition) is 1. The number of ether oxygens (including phenoxy) is 1. The highest BCUT2D eigenvalue weighted by atomic mass is 32.2. The van der Waals surface area contributed by atoms with E-state index in [1.165, 1.54) is 11.8 Å². The smallest absolute Gasteiger partial charge is 0.235 e. The summed E-state index contributed by atoms with van der Waals surface area (Å²) >= 11 is 1.45. The van der Waals surface area contributed by atoms with E-state index in [0.29, 0.717) is 18.3 Å². The summed E-state index contributed by atoms with van der Waals surface area (Å²) in [5.74, 6) is 0.155. The molecule has 1 amide bonds. The molecule has 112 valence electrons. The maximum Gasteiger partial charge on any atom is 0.235 e. The second kappa shape index (κ2) is 7.55. The maximum absolute atomic E-state index is 11.9. The fourth-order valence-electron chi connectivity index (χ4n) is 1.93. The number of carbonyl (C=O) groups is 1. The Morgan fingerprint density at radius 3 is 3.05 bits per heavy atom. The average Bonchev–Trinajstić information content (AvgIpc) is 3.01. The van der Waals surface area contributed by atoms with Gasteiger partial charge >= 0.3 is 0 Å². The van der Waals surface area contributed by atoms with E-state index >= 15 is 0 Å². The Labute approximate surface area is 122 Å². The predicted molar refractivity (Wildman–Crippen MR) is 74.5 cm³/mol. The maximum atomic E-state index is 11.9. The van der Waals surface area contributed by atoms with Crippen LogP contribution in [0.15, 0.2) is 5.16 Å². The number of amides is 1. The first-order valence-electron chi connectivity index (χ1n) is 6.60. The SMILES string of the molecule is COCCNCCn1nnnc1SC1CCN(C)C1=O. The van der Waals surface area contributed by atoms with Gasteiger partial charge in [-0.25, -0.2) is 4.68 Å². The minimum absolute atomic E-state index is 0.0637. The molecule has 20 heavy (non-hydrogen) atoms. The lowest BCUT2D eigenvalue weighted by atomic mass is 10.4. The lowest BCUT2D eigenvalue weighted by Gasteiger charge is -2.10. The van der Waals surface area contributed by atoms with Crippen molar-refractivity contribution in [1.82, 2.24) is 30.4 Å². The Balaban J connectivity index is 1.81. The molecule has 0 aromatic carbocycles. The molecule has 1 aromatic rings. The Kier molecular flexibility index (Phi) is 5.74. The summed E-state index contributed by atoms with van der Waals surface area (Å²) < 4.78 is 6.69. The molecule has 1 N–H and O–H groups in total. The molecule has 0 saturated carbocycles. The molecule has 1 atom stereocenters. The summed E-state index contributed by atoms with van der Waals surface area (Å²) in [7, 11) is 3.50. The van der Waals surface area contributed by atoms with Gasteiger partial charge in [0.2, 0.25) is 11.1 Å². The van der Waals surface area contributed by atoms with Crippen molar-refractivity contribution >= 4 is 17.7 Å². The molecule has 1 saturated heterocycles. The summed E-state index contributed by atoms with van der Waals surface area (Å²) in [6.07, 6.45) is 0.846. The van der Waals surface area contributed by atoms with Crippen LogP contribution in [0.3, 0.4) is 0 Å². The summed E-state index contributed by atoms with van der Waals surface area (Å²) in [5.41, 5.74) is 0.